The van der Waals surface area contributed by atoms with Crippen LogP contribution >= 0.6 is 0 Å². The smallest absolute Gasteiger partial charge is 0.270 e. The first-order valence-corrected chi connectivity index (χ1v) is 20.2. The van der Waals surface area contributed by atoms with Crippen molar-refractivity contribution in [1.82, 2.24) is 0 Å². The van der Waals surface area contributed by atoms with Gasteiger partial charge in [-0.05, 0) is 101 Å². The number of methoxy groups -OCH3 is 1. The Morgan fingerprint density at radius 3 is 1.81 bits per heavy atom. The molecule has 0 spiro atoms. The van der Waals surface area contributed by atoms with Gasteiger partial charge in [-0.2, -0.15) is 47.5 Å². The van der Waals surface area contributed by atoms with E-state index in [0.29, 0.717) is 51.4 Å². The fourth-order valence-corrected chi connectivity index (χ4v) is 10.4. The predicted molar refractivity (Wildman–Crippen MR) is 172 cm³/mol. The Morgan fingerprint density at radius 2 is 1.19 bits per heavy atom. The summed E-state index contributed by atoms with van der Waals surface area (Å²) in [5.41, 5.74) is 0. The molecule has 0 aromatic rings. The van der Waals surface area contributed by atoms with E-state index in [2.05, 4.69) is 30.7 Å². The predicted octanol–water partition coefficient (Wildman–Crippen LogP) is 4.20. The maximum Gasteiger partial charge on any atom is 0.270 e. The number of azo groups is 3. The normalized spacial score (nSPS) is 44.2. The minimum absolute atomic E-state index is 0.0596. The molecule has 268 valence electrons. The molecule has 10 atom stereocenters. The van der Waals surface area contributed by atoms with Crippen LogP contribution in [0.3, 0.4) is 0 Å². The monoisotopic (exact) mass is 704 g/mol. The van der Waals surface area contributed by atoms with Gasteiger partial charge in [-0.25, -0.2) is 0 Å². The molecule has 0 aromatic carbocycles. The number of hydrogen-bond donors (Lipinski definition) is 4. The SMILES string of the molecule is COC1CC(N=NC2CCC(S(=O)(=O)O)CC2)C(C)CC1N=NC1C(O)C2CCC(N=NC3CCC(O)CC3)CC2CC1S(=O)(=O)O. The molecule has 0 amide bonds. The number of ether oxygens (including phenoxy) is 1. The number of hydrogen-bond acceptors (Lipinski definition) is 13. The lowest BCUT2D eigenvalue weighted by molar-refractivity contribution is -0.0109. The molecule has 5 aliphatic carbocycles. The van der Waals surface area contributed by atoms with Gasteiger partial charge in [-0.1, -0.05) is 6.92 Å². The largest absolute Gasteiger partial charge is 0.393 e. The average Bonchev–Trinajstić information content (AvgIpc) is 3.02. The first kappa shape index (κ1) is 36.8. The second kappa shape index (κ2) is 15.6. The molecular formula is C30H52N6O9S2. The van der Waals surface area contributed by atoms with Crippen molar-refractivity contribution in [3.8, 4) is 0 Å². The van der Waals surface area contributed by atoms with Crippen molar-refractivity contribution in [2.75, 3.05) is 7.11 Å². The minimum Gasteiger partial charge on any atom is -0.393 e. The van der Waals surface area contributed by atoms with Crippen molar-refractivity contribution < 1.29 is 40.9 Å². The third kappa shape index (κ3) is 9.39. The van der Waals surface area contributed by atoms with Gasteiger partial charge in [0.05, 0.1) is 53.8 Å². The molecule has 17 heteroatoms. The van der Waals surface area contributed by atoms with E-state index < -0.39 is 48.9 Å². The van der Waals surface area contributed by atoms with Crippen LogP contribution in [0.25, 0.3) is 0 Å². The Bertz CT molecular complexity index is 1350. The van der Waals surface area contributed by atoms with E-state index in [1.807, 2.05) is 6.92 Å². The maximum absolute atomic E-state index is 12.6. The lowest BCUT2D eigenvalue weighted by atomic mass is 9.66. The molecule has 0 aliphatic heterocycles. The lowest BCUT2D eigenvalue weighted by Gasteiger charge is -2.45. The quantitative estimate of drug-likeness (QED) is 0.199. The van der Waals surface area contributed by atoms with Gasteiger partial charge in [0.25, 0.3) is 20.2 Å². The highest BCUT2D eigenvalue weighted by atomic mass is 32.2. The van der Waals surface area contributed by atoms with E-state index in [1.165, 1.54) is 0 Å². The summed E-state index contributed by atoms with van der Waals surface area (Å²) in [6.45, 7) is 2.03. The second-order valence-electron chi connectivity index (χ2n) is 14.6. The molecule has 5 fully saturated rings. The first-order chi connectivity index (χ1) is 22.2. The van der Waals surface area contributed by atoms with E-state index in [0.717, 1.165) is 32.1 Å². The van der Waals surface area contributed by atoms with Crippen molar-refractivity contribution in [3.05, 3.63) is 0 Å². The maximum atomic E-state index is 12.6. The van der Waals surface area contributed by atoms with Crippen molar-refractivity contribution >= 4 is 20.2 Å². The van der Waals surface area contributed by atoms with E-state index >= 15 is 0 Å². The lowest BCUT2D eigenvalue weighted by Crippen LogP contribution is -2.54. The topological polar surface area (TPSA) is 233 Å². The van der Waals surface area contributed by atoms with Gasteiger partial charge in [0.15, 0.2) is 0 Å². The fraction of sp³-hybridized carbons (Fsp3) is 1.00. The van der Waals surface area contributed by atoms with Crippen LogP contribution in [0.15, 0.2) is 30.7 Å². The molecule has 47 heavy (non-hydrogen) atoms. The van der Waals surface area contributed by atoms with Gasteiger partial charge in [0.2, 0.25) is 0 Å². The van der Waals surface area contributed by atoms with Crippen molar-refractivity contribution in [3.63, 3.8) is 0 Å². The van der Waals surface area contributed by atoms with Gasteiger partial charge in [0, 0.05) is 13.5 Å². The number of rotatable bonds is 9. The van der Waals surface area contributed by atoms with Crippen LogP contribution in [0.2, 0.25) is 0 Å². The highest BCUT2D eigenvalue weighted by Crippen LogP contribution is 2.45. The van der Waals surface area contributed by atoms with Gasteiger partial charge in [-0.3, -0.25) is 9.11 Å². The number of aliphatic hydroxyl groups excluding tert-OH is 2. The number of aliphatic hydroxyl groups is 2. The van der Waals surface area contributed by atoms with Crippen molar-refractivity contribution in [1.29, 1.82) is 0 Å². The summed E-state index contributed by atoms with van der Waals surface area (Å²) in [6.07, 6.45) is 6.31. The molecule has 0 saturated heterocycles. The van der Waals surface area contributed by atoms with Crippen molar-refractivity contribution in [2.24, 2.45) is 48.4 Å². The van der Waals surface area contributed by atoms with E-state index in [4.69, 9.17) is 4.74 Å². The van der Waals surface area contributed by atoms with Crippen molar-refractivity contribution in [2.45, 2.75) is 162 Å². The molecule has 0 radical (unpaired) electrons. The Balaban J connectivity index is 1.19. The molecule has 15 nitrogen and oxygen atoms in total. The van der Waals surface area contributed by atoms with Gasteiger partial charge in [-0.15, -0.1) is 0 Å². The molecule has 5 aliphatic rings. The average molecular weight is 705 g/mol. The molecule has 4 N–H and O–H groups in total. The Kier molecular flexibility index (Phi) is 12.2. The summed E-state index contributed by atoms with van der Waals surface area (Å²) >= 11 is 0. The fourth-order valence-electron chi connectivity index (χ4n) is 8.46. The zero-order valence-corrected chi connectivity index (χ0v) is 28.9. The summed E-state index contributed by atoms with van der Waals surface area (Å²) < 4.78 is 73.3. The summed E-state index contributed by atoms with van der Waals surface area (Å²) in [5.74, 6) is -0.275. The Hall–Kier alpha value is -1.50. The second-order valence-corrected chi connectivity index (χ2v) is 18.0. The third-order valence-electron chi connectivity index (χ3n) is 11.4. The van der Waals surface area contributed by atoms with Crippen LogP contribution < -0.4 is 0 Å². The number of nitrogens with zero attached hydrogens (tertiary/aromatic N) is 6. The molecule has 5 saturated carbocycles. The van der Waals surface area contributed by atoms with E-state index in [9.17, 15) is 36.2 Å². The summed E-state index contributed by atoms with van der Waals surface area (Å²) in [7, 11) is -7.00. The zero-order valence-electron chi connectivity index (χ0n) is 27.3. The van der Waals surface area contributed by atoms with E-state index in [-0.39, 0.29) is 60.5 Å². The standard InChI is InChI=1S/C30H52N6O9S2/c1-17-13-26(27(45-2)16-25(17)34-32-20-5-10-23(11-6-20)46(39,40)41)35-36-29-28(47(42,43)44)15-18-14-21(7-12-24(18)30(29)38)33-31-19-3-8-22(37)9-4-19/h17-30,37-38H,3-16H2,1-2H3,(H,39,40,41)(H,42,43,44). The van der Waals surface area contributed by atoms with Gasteiger partial charge in [0.1, 0.15) is 11.3 Å². The van der Waals surface area contributed by atoms with E-state index in [1.54, 1.807) is 7.11 Å². The summed E-state index contributed by atoms with van der Waals surface area (Å²) in [6, 6.07) is -1.71. The van der Waals surface area contributed by atoms with Crippen LogP contribution in [-0.2, 0) is 25.0 Å². The minimum atomic E-state index is -4.53. The molecule has 0 bridgehead atoms. The van der Waals surface area contributed by atoms with Crippen LogP contribution in [-0.4, -0.2) is 108 Å². The Morgan fingerprint density at radius 1 is 0.617 bits per heavy atom. The highest BCUT2D eigenvalue weighted by Gasteiger charge is 2.51. The Labute approximate surface area is 278 Å². The molecular weight excluding hydrogens is 652 g/mol. The third-order valence-corrected chi connectivity index (χ3v) is 14.0. The molecule has 5 rings (SSSR count). The molecule has 0 aromatic heterocycles. The summed E-state index contributed by atoms with van der Waals surface area (Å²) in [4.78, 5) is 0. The van der Waals surface area contributed by atoms with Gasteiger partial charge < -0.3 is 14.9 Å². The van der Waals surface area contributed by atoms with Crippen LogP contribution in [0.4, 0.5) is 0 Å². The molecule has 0 heterocycles. The first-order valence-electron chi connectivity index (χ1n) is 17.2. The van der Waals surface area contributed by atoms with Crippen LogP contribution in [0.5, 0.6) is 0 Å². The van der Waals surface area contributed by atoms with Gasteiger partial charge >= 0.3 is 0 Å². The summed E-state index contributed by atoms with van der Waals surface area (Å²) in [5, 5.41) is 46.3. The number of fused-ring (bicyclic) bond motifs is 1. The molecule has 10 unspecified atom stereocenters. The van der Waals surface area contributed by atoms with Crippen LogP contribution in [0.1, 0.15) is 96.8 Å². The van der Waals surface area contributed by atoms with Crippen LogP contribution in [0, 0.1) is 17.8 Å². The zero-order chi connectivity index (χ0) is 33.9. The highest BCUT2D eigenvalue weighted by molar-refractivity contribution is 7.86.